The first-order chi connectivity index (χ1) is 29.7. The number of para-hydroxylation sites is 1. The summed E-state index contributed by atoms with van der Waals surface area (Å²) >= 11 is 0. The standard InChI is InChI=1S/C56H41N3O/c1-2-14-36(15-3-1)38-28-31-39(32-29-38)53-57-54(59-55(58-53)43-33-30-37-16-4-5-17-40(37)34-43)42-19-12-18-41(35-42)44-21-13-25-49-52(44)45-20-6-7-22-46(45)56(49)47-23-8-10-26-50(47)60-51-27-11-9-24-48(51)56/h1-35,47,50,53-54,57H,(H,58,59). The van der Waals surface area contributed by atoms with Crippen LogP contribution in [0, 0.1) is 5.92 Å². The predicted octanol–water partition coefficient (Wildman–Crippen LogP) is 12.3. The second-order valence-electron chi connectivity index (χ2n) is 16.3. The van der Waals surface area contributed by atoms with Crippen molar-refractivity contribution in [3.63, 3.8) is 0 Å². The van der Waals surface area contributed by atoms with E-state index < -0.39 is 5.41 Å². The zero-order valence-electron chi connectivity index (χ0n) is 32.9. The van der Waals surface area contributed by atoms with Gasteiger partial charge in [0.25, 0.3) is 0 Å². The van der Waals surface area contributed by atoms with E-state index in [-0.39, 0.29) is 24.4 Å². The third kappa shape index (κ3) is 5.45. The lowest BCUT2D eigenvalue weighted by Crippen LogP contribution is -2.47. The third-order valence-electron chi connectivity index (χ3n) is 13.0. The summed E-state index contributed by atoms with van der Waals surface area (Å²) in [7, 11) is 0. The highest BCUT2D eigenvalue weighted by atomic mass is 16.5. The lowest BCUT2D eigenvalue weighted by Gasteiger charge is -2.47. The van der Waals surface area contributed by atoms with Gasteiger partial charge in [-0.2, -0.15) is 0 Å². The molecule has 1 spiro atoms. The molecule has 12 rings (SSSR count). The normalized spacial score (nSPS) is 21.9. The van der Waals surface area contributed by atoms with Crippen LogP contribution in [-0.4, -0.2) is 11.9 Å². The highest BCUT2D eigenvalue weighted by molar-refractivity contribution is 6.03. The average molecular weight is 772 g/mol. The van der Waals surface area contributed by atoms with Crippen molar-refractivity contribution in [3.8, 4) is 39.1 Å². The Hall–Kier alpha value is -7.27. The molecule has 4 heteroatoms. The first kappa shape index (κ1) is 34.7. The summed E-state index contributed by atoms with van der Waals surface area (Å²) < 4.78 is 6.72. The molecule has 0 bridgehead atoms. The number of allylic oxidation sites excluding steroid dienone is 2. The first-order valence-corrected chi connectivity index (χ1v) is 20.9. The minimum atomic E-state index is -0.404. The number of nitrogens with one attached hydrogen (secondary N) is 2. The number of amidine groups is 1. The van der Waals surface area contributed by atoms with E-state index >= 15 is 0 Å². The number of hydrogen-bond donors (Lipinski definition) is 2. The number of ether oxygens (including phenoxy) is 1. The summed E-state index contributed by atoms with van der Waals surface area (Å²) in [6.07, 6.45) is 8.36. The monoisotopic (exact) mass is 771 g/mol. The topological polar surface area (TPSA) is 45.6 Å². The van der Waals surface area contributed by atoms with E-state index in [4.69, 9.17) is 9.73 Å². The van der Waals surface area contributed by atoms with Crippen LogP contribution < -0.4 is 15.4 Å². The van der Waals surface area contributed by atoms with Gasteiger partial charge in [0.05, 0.1) is 5.41 Å². The minimum Gasteiger partial charge on any atom is -0.485 e. The van der Waals surface area contributed by atoms with Crippen LogP contribution in [0.1, 0.15) is 45.7 Å². The lowest BCUT2D eigenvalue weighted by atomic mass is 9.60. The third-order valence-corrected chi connectivity index (χ3v) is 13.0. The van der Waals surface area contributed by atoms with Crippen molar-refractivity contribution in [2.75, 3.05) is 0 Å². The van der Waals surface area contributed by atoms with Crippen molar-refractivity contribution >= 4 is 16.6 Å². The van der Waals surface area contributed by atoms with Gasteiger partial charge in [-0.3, -0.25) is 5.32 Å². The molecule has 2 aliphatic carbocycles. The zero-order valence-corrected chi connectivity index (χ0v) is 32.9. The van der Waals surface area contributed by atoms with Crippen LogP contribution in [0.25, 0.3) is 44.2 Å². The van der Waals surface area contributed by atoms with Crippen molar-refractivity contribution in [2.45, 2.75) is 23.9 Å². The van der Waals surface area contributed by atoms with Crippen molar-refractivity contribution in [1.29, 1.82) is 0 Å². The second kappa shape index (κ2) is 13.9. The number of nitrogens with zero attached hydrogens (tertiary/aromatic N) is 1. The van der Waals surface area contributed by atoms with Gasteiger partial charge in [0.1, 0.15) is 30.0 Å². The van der Waals surface area contributed by atoms with Gasteiger partial charge in [-0.25, -0.2) is 4.99 Å². The maximum absolute atomic E-state index is 6.72. The SMILES string of the molecule is C1=CC2Oc3ccccc3C3(c4ccccc4-c4c(-c5cccc(C6N=C(c7ccc8ccccc8c7)NC(c7ccc(-c8ccccc8)cc7)N6)c5)cccc43)C2C=C1. The number of rotatable bonds is 5. The smallest absolute Gasteiger partial charge is 0.131 e. The first-order valence-electron chi connectivity index (χ1n) is 20.9. The Morgan fingerprint density at radius 1 is 0.483 bits per heavy atom. The molecule has 0 saturated carbocycles. The van der Waals surface area contributed by atoms with Crippen molar-refractivity contribution in [1.82, 2.24) is 10.6 Å². The van der Waals surface area contributed by atoms with Crippen LogP contribution in [0.2, 0.25) is 0 Å². The molecule has 4 nitrogen and oxygen atoms in total. The Morgan fingerprint density at radius 2 is 1.17 bits per heavy atom. The number of hydrogen-bond acceptors (Lipinski definition) is 4. The molecule has 0 radical (unpaired) electrons. The fourth-order valence-electron chi connectivity index (χ4n) is 10.3. The maximum Gasteiger partial charge on any atom is 0.131 e. The molecule has 0 aromatic heterocycles. The molecule has 0 saturated heterocycles. The van der Waals surface area contributed by atoms with Gasteiger partial charge in [0.2, 0.25) is 0 Å². The fourth-order valence-corrected chi connectivity index (χ4v) is 10.3. The van der Waals surface area contributed by atoms with Gasteiger partial charge in [0.15, 0.2) is 0 Å². The molecule has 8 aromatic carbocycles. The Kier molecular flexibility index (Phi) is 8.07. The number of aliphatic imine (C=N–C) groups is 1. The molecule has 2 heterocycles. The van der Waals surface area contributed by atoms with E-state index in [1.165, 1.54) is 60.8 Å². The summed E-state index contributed by atoms with van der Waals surface area (Å²) in [6, 6.07) is 68.1. The summed E-state index contributed by atoms with van der Waals surface area (Å²) in [5.74, 6) is 1.92. The summed E-state index contributed by atoms with van der Waals surface area (Å²) in [4.78, 5) is 5.42. The minimum absolute atomic E-state index is 0.0703. The van der Waals surface area contributed by atoms with Crippen molar-refractivity contribution < 1.29 is 4.74 Å². The Bertz CT molecular complexity index is 3060. The van der Waals surface area contributed by atoms with Crippen LogP contribution in [-0.2, 0) is 5.41 Å². The van der Waals surface area contributed by atoms with Gasteiger partial charge < -0.3 is 10.1 Å². The molecule has 5 unspecified atom stereocenters. The molecule has 0 amide bonds. The molecule has 5 atom stereocenters. The molecule has 4 aliphatic rings. The van der Waals surface area contributed by atoms with Gasteiger partial charge >= 0.3 is 0 Å². The Morgan fingerprint density at radius 3 is 2.07 bits per heavy atom. The molecule has 2 N–H and O–H groups in total. The lowest BCUT2D eigenvalue weighted by molar-refractivity contribution is 0.141. The predicted molar refractivity (Wildman–Crippen MR) is 244 cm³/mol. The van der Waals surface area contributed by atoms with Crippen molar-refractivity contribution in [2.24, 2.45) is 10.9 Å². The Labute approximate surface area is 350 Å². The largest absolute Gasteiger partial charge is 0.485 e. The van der Waals surface area contributed by atoms with E-state index in [0.717, 1.165) is 28.3 Å². The van der Waals surface area contributed by atoms with Crippen LogP contribution in [0.15, 0.2) is 217 Å². The van der Waals surface area contributed by atoms with Crippen LogP contribution in [0.4, 0.5) is 0 Å². The summed E-state index contributed by atoms with van der Waals surface area (Å²) in [5, 5.41) is 10.1. The fraction of sp³-hybridized carbons (Fsp3) is 0.0893. The van der Waals surface area contributed by atoms with Crippen LogP contribution >= 0.6 is 0 Å². The second-order valence-corrected chi connectivity index (χ2v) is 16.3. The van der Waals surface area contributed by atoms with E-state index in [1.54, 1.807) is 0 Å². The van der Waals surface area contributed by atoms with E-state index in [1.807, 2.05) is 0 Å². The summed E-state index contributed by atoms with van der Waals surface area (Å²) in [6.45, 7) is 0. The molecule has 0 fully saturated rings. The molecular weight excluding hydrogens is 731 g/mol. The van der Waals surface area contributed by atoms with Gasteiger partial charge in [-0.1, -0.05) is 188 Å². The molecular formula is C56H41N3O. The van der Waals surface area contributed by atoms with Gasteiger partial charge in [0, 0.05) is 17.0 Å². The highest BCUT2D eigenvalue weighted by Gasteiger charge is 2.56. The number of benzene rings is 8. The molecule has 8 aromatic rings. The molecule has 286 valence electrons. The van der Waals surface area contributed by atoms with Gasteiger partial charge in [-0.15, -0.1) is 0 Å². The number of fused-ring (bicyclic) bond motifs is 10. The van der Waals surface area contributed by atoms with E-state index in [0.29, 0.717) is 0 Å². The van der Waals surface area contributed by atoms with Gasteiger partial charge in [-0.05, 0) is 90.7 Å². The van der Waals surface area contributed by atoms with E-state index in [2.05, 4.69) is 223 Å². The molecule has 60 heavy (non-hydrogen) atoms. The summed E-state index contributed by atoms with van der Waals surface area (Å²) in [5.41, 5.74) is 14.1. The highest BCUT2D eigenvalue weighted by Crippen LogP contribution is 2.63. The zero-order chi connectivity index (χ0) is 39.6. The van der Waals surface area contributed by atoms with Crippen molar-refractivity contribution in [3.05, 3.63) is 246 Å². The average Bonchev–Trinajstić information content (AvgIpc) is 3.62. The van der Waals surface area contributed by atoms with Crippen LogP contribution in [0.5, 0.6) is 5.75 Å². The van der Waals surface area contributed by atoms with Crippen LogP contribution in [0.3, 0.4) is 0 Å². The quantitative estimate of drug-likeness (QED) is 0.183. The Balaban J connectivity index is 0.981. The van der Waals surface area contributed by atoms with E-state index in [9.17, 15) is 0 Å². The maximum atomic E-state index is 6.72. The molecule has 2 aliphatic heterocycles.